The van der Waals surface area contributed by atoms with E-state index in [1.165, 1.54) is 18.4 Å². The largest absolute Gasteiger partial charge is 0.346 e. The molecule has 3 aromatic rings. The molecule has 4 rings (SSSR count). The first-order valence-corrected chi connectivity index (χ1v) is 9.61. The maximum absolute atomic E-state index is 5.94. The van der Waals surface area contributed by atoms with Gasteiger partial charge < -0.3 is 4.90 Å². The van der Waals surface area contributed by atoms with Gasteiger partial charge >= 0.3 is 0 Å². The number of hydrogen-bond donors (Lipinski definition) is 0. The Balaban J connectivity index is 1.39. The summed E-state index contributed by atoms with van der Waals surface area (Å²) in [5.74, 6) is 0.569. The van der Waals surface area contributed by atoms with Gasteiger partial charge in [0.1, 0.15) is 5.01 Å². The second kappa shape index (κ2) is 7.49. The van der Waals surface area contributed by atoms with Crippen molar-refractivity contribution in [2.75, 3.05) is 18.0 Å². The predicted octanol–water partition coefficient (Wildman–Crippen LogP) is 3.29. The molecule has 1 fully saturated rings. The summed E-state index contributed by atoms with van der Waals surface area (Å²) >= 11 is 7.63. The molecule has 2 aromatic heterocycles. The first-order valence-electron chi connectivity index (χ1n) is 8.42. The fourth-order valence-electron chi connectivity index (χ4n) is 3.20. The van der Waals surface area contributed by atoms with Crippen LogP contribution in [0.4, 0.5) is 5.13 Å². The molecule has 3 heterocycles. The molecule has 1 aromatic carbocycles. The molecule has 1 saturated heterocycles. The van der Waals surface area contributed by atoms with Crippen molar-refractivity contribution < 1.29 is 0 Å². The lowest BCUT2D eigenvalue weighted by Gasteiger charge is -2.32. The molecule has 0 aliphatic carbocycles. The minimum Gasteiger partial charge on any atom is -0.346 e. The summed E-state index contributed by atoms with van der Waals surface area (Å²) in [5.41, 5.74) is 1.20. The zero-order valence-corrected chi connectivity index (χ0v) is 15.3. The van der Waals surface area contributed by atoms with Crippen LogP contribution in [-0.4, -0.2) is 38.3 Å². The molecule has 8 heteroatoms. The van der Waals surface area contributed by atoms with Gasteiger partial charge in [-0.15, -0.1) is 15.3 Å². The molecule has 0 radical (unpaired) electrons. The molecule has 1 aliphatic heterocycles. The fourth-order valence-corrected chi connectivity index (χ4v) is 4.24. The number of rotatable bonds is 5. The molecule has 0 N–H and O–H groups in total. The number of halogens is 1. The van der Waals surface area contributed by atoms with E-state index in [1.807, 2.05) is 35.1 Å². The summed E-state index contributed by atoms with van der Waals surface area (Å²) in [6.07, 6.45) is 6.84. The zero-order chi connectivity index (χ0) is 17.1. The van der Waals surface area contributed by atoms with E-state index in [0.29, 0.717) is 5.92 Å². The van der Waals surface area contributed by atoms with E-state index in [-0.39, 0.29) is 0 Å². The molecule has 25 heavy (non-hydrogen) atoms. The van der Waals surface area contributed by atoms with Crippen LogP contribution in [0.15, 0.2) is 36.7 Å². The number of benzene rings is 1. The third-order valence-corrected chi connectivity index (χ3v) is 5.67. The molecular formula is C17H19ClN6S. The Hall–Kier alpha value is -1.99. The Morgan fingerprint density at radius 3 is 2.88 bits per heavy atom. The molecule has 130 valence electrons. The topological polar surface area (TPSA) is 59.7 Å². The number of anilines is 1. The second-order valence-electron chi connectivity index (χ2n) is 6.36. The molecule has 0 bridgehead atoms. The van der Waals surface area contributed by atoms with Crippen LogP contribution in [0.25, 0.3) is 0 Å². The zero-order valence-electron chi connectivity index (χ0n) is 13.8. The molecular weight excluding hydrogens is 356 g/mol. The Labute approximate surface area is 155 Å². The summed E-state index contributed by atoms with van der Waals surface area (Å²) in [6.45, 7) is 2.95. The summed E-state index contributed by atoms with van der Waals surface area (Å²) in [7, 11) is 0. The van der Waals surface area contributed by atoms with Crippen molar-refractivity contribution >= 4 is 28.1 Å². The van der Waals surface area contributed by atoms with Crippen LogP contribution >= 0.6 is 22.9 Å². The summed E-state index contributed by atoms with van der Waals surface area (Å²) < 4.78 is 1.92. The highest BCUT2D eigenvalue weighted by molar-refractivity contribution is 7.15. The number of nitrogens with zero attached hydrogens (tertiary/aromatic N) is 6. The minimum atomic E-state index is 0.569. The van der Waals surface area contributed by atoms with Crippen LogP contribution in [-0.2, 0) is 13.0 Å². The Morgan fingerprint density at radius 1 is 1.20 bits per heavy atom. The van der Waals surface area contributed by atoms with Gasteiger partial charge in [-0.3, -0.25) is 4.68 Å². The first-order chi connectivity index (χ1) is 12.3. The van der Waals surface area contributed by atoms with E-state index >= 15 is 0 Å². The third kappa shape index (κ3) is 4.16. The minimum absolute atomic E-state index is 0.569. The molecule has 1 atom stereocenters. The smallest absolute Gasteiger partial charge is 0.208 e. The van der Waals surface area contributed by atoms with Gasteiger partial charge in [-0.25, -0.2) is 0 Å². The van der Waals surface area contributed by atoms with Crippen molar-refractivity contribution in [1.29, 1.82) is 0 Å². The van der Waals surface area contributed by atoms with Crippen molar-refractivity contribution in [3.05, 3.63) is 52.3 Å². The number of piperidine rings is 1. The highest BCUT2D eigenvalue weighted by Gasteiger charge is 2.23. The summed E-state index contributed by atoms with van der Waals surface area (Å²) in [5, 5.41) is 19.6. The molecule has 0 spiro atoms. The van der Waals surface area contributed by atoms with Gasteiger partial charge in [-0.1, -0.05) is 40.3 Å². The van der Waals surface area contributed by atoms with E-state index in [1.54, 1.807) is 17.5 Å². The van der Waals surface area contributed by atoms with Crippen molar-refractivity contribution in [2.45, 2.75) is 25.8 Å². The maximum Gasteiger partial charge on any atom is 0.208 e. The lowest BCUT2D eigenvalue weighted by atomic mass is 9.98. The SMILES string of the molecule is Clc1ccc(Cc2nnc(N3CCCC(Cn4ccnn4)C3)s2)cc1. The number of hydrogen-bond acceptors (Lipinski definition) is 6. The summed E-state index contributed by atoms with van der Waals surface area (Å²) in [6, 6.07) is 7.91. The Morgan fingerprint density at radius 2 is 2.08 bits per heavy atom. The molecule has 0 saturated carbocycles. The van der Waals surface area contributed by atoms with Crippen molar-refractivity contribution in [1.82, 2.24) is 25.2 Å². The standard InChI is InChI=1S/C17H19ClN6S/c18-15-5-3-13(4-6-15)10-16-20-21-17(25-16)23-8-1-2-14(11-23)12-24-9-7-19-22-24/h3-7,9,14H,1-2,8,10-12H2. The van der Waals surface area contributed by atoms with Gasteiger partial charge in [0.15, 0.2) is 0 Å². The van der Waals surface area contributed by atoms with Gasteiger partial charge in [0.05, 0.1) is 6.20 Å². The van der Waals surface area contributed by atoms with Crippen molar-refractivity contribution in [2.24, 2.45) is 5.92 Å². The van der Waals surface area contributed by atoms with E-state index in [9.17, 15) is 0 Å². The van der Waals surface area contributed by atoms with Crippen molar-refractivity contribution in [3.8, 4) is 0 Å². The van der Waals surface area contributed by atoms with E-state index in [0.717, 1.165) is 41.2 Å². The van der Waals surface area contributed by atoms with Gasteiger partial charge in [0, 0.05) is 37.3 Å². The molecule has 1 unspecified atom stereocenters. The third-order valence-electron chi connectivity index (χ3n) is 4.43. The van der Waals surface area contributed by atoms with Crippen LogP contribution in [0.2, 0.25) is 5.02 Å². The van der Waals surface area contributed by atoms with E-state index < -0.39 is 0 Å². The molecule has 0 amide bonds. The van der Waals surface area contributed by atoms with Crippen LogP contribution in [0.1, 0.15) is 23.4 Å². The van der Waals surface area contributed by atoms with E-state index in [4.69, 9.17) is 11.6 Å². The molecule has 6 nitrogen and oxygen atoms in total. The van der Waals surface area contributed by atoms with Gasteiger partial charge in [0.2, 0.25) is 5.13 Å². The van der Waals surface area contributed by atoms with E-state index in [2.05, 4.69) is 25.4 Å². The number of aromatic nitrogens is 5. The van der Waals surface area contributed by atoms with Crippen LogP contribution < -0.4 is 4.90 Å². The summed E-state index contributed by atoms with van der Waals surface area (Å²) in [4.78, 5) is 2.36. The Kier molecular flexibility index (Phi) is 4.94. The highest BCUT2D eigenvalue weighted by atomic mass is 35.5. The second-order valence-corrected chi connectivity index (χ2v) is 7.84. The van der Waals surface area contributed by atoms with Gasteiger partial charge in [-0.05, 0) is 36.5 Å². The fraction of sp³-hybridized carbons (Fsp3) is 0.412. The first kappa shape index (κ1) is 16.5. The van der Waals surface area contributed by atoms with Crippen LogP contribution in [0.3, 0.4) is 0 Å². The van der Waals surface area contributed by atoms with Crippen molar-refractivity contribution in [3.63, 3.8) is 0 Å². The molecule has 1 aliphatic rings. The monoisotopic (exact) mass is 374 g/mol. The van der Waals surface area contributed by atoms with Crippen LogP contribution in [0.5, 0.6) is 0 Å². The van der Waals surface area contributed by atoms with Gasteiger partial charge in [0.25, 0.3) is 0 Å². The lowest BCUT2D eigenvalue weighted by molar-refractivity contribution is 0.348. The van der Waals surface area contributed by atoms with Gasteiger partial charge in [-0.2, -0.15) is 0 Å². The normalized spacial score (nSPS) is 17.8. The lowest BCUT2D eigenvalue weighted by Crippen LogP contribution is -2.37. The maximum atomic E-state index is 5.94. The quantitative estimate of drug-likeness (QED) is 0.685. The highest BCUT2D eigenvalue weighted by Crippen LogP contribution is 2.28. The Bertz CT molecular complexity index is 801. The average molecular weight is 375 g/mol. The predicted molar refractivity (Wildman–Crippen MR) is 99.1 cm³/mol. The van der Waals surface area contributed by atoms with Crippen LogP contribution in [0, 0.1) is 5.92 Å². The average Bonchev–Trinajstić information content (AvgIpc) is 3.29.